The number of likely N-dealkylation sites (tertiary alicyclic amines) is 1. The van der Waals surface area contributed by atoms with Crippen LogP contribution in [-0.4, -0.2) is 202 Å². The quantitative estimate of drug-likeness (QED) is 0.0183. The van der Waals surface area contributed by atoms with Crippen LogP contribution in [0.3, 0.4) is 0 Å². The van der Waals surface area contributed by atoms with E-state index in [1.54, 1.807) is 87.6 Å². The Morgan fingerprint density at radius 3 is 1.05 bits per heavy atom. The zero-order valence-electron chi connectivity index (χ0n) is 47.0. The van der Waals surface area contributed by atoms with E-state index in [0.717, 1.165) is 4.90 Å². The molecular formula is C45H106N6O10S14. The number of hydrogen-bond acceptors (Lipinski definition) is 26. The number of carbonyl (C=O) groups excluding carboxylic acids is 8. The second kappa shape index (κ2) is 114. The average Bonchev–Trinajstić information content (AvgIpc) is 3.97. The van der Waals surface area contributed by atoms with Crippen LogP contribution in [0.1, 0.15) is 79.1 Å². The fraction of sp³-hybridized carbons (Fsp3) is 0.778. The lowest BCUT2D eigenvalue weighted by atomic mass is 10.1. The van der Waals surface area contributed by atoms with Crippen molar-refractivity contribution in [3.05, 3.63) is 12.2 Å². The molecule has 0 radical (unpaired) electrons. The van der Waals surface area contributed by atoms with Gasteiger partial charge in [0.25, 0.3) is 11.8 Å². The summed E-state index contributed by atoms with van der Waals surface area (Å²) in [5.74, 6) is -1.43. The summed E-state index contributed by atoms with van der Waals surface area (Å²) >= 11 is 47.2. The highest BCUT2D eigenvalue weighted by Crippen LogP contribution is 2.23. The number of nitrogens with zero attached hydrogens (tertiary/aromatic N) is 2. The Labute approximate surface area is 534 Å². The number of ether oxygens (including phenoxy) is 2. The number of Topliss-reactive ketones (excluding diaryl/α,β-unsaturated/α-hetero) is 2. The van der Waals surface area contributed by atoms with Crippen molar-refractivity contribution in [2.24, 2.45) is 0 Å². The molecule has 75 heavy (non-hydrogen) atoms. The van der Waals surface area contributed by atoms with Crippen LogP contribution in [0.15, 0.2) is 12.2 Å². The first kappa shape index (κ1) is 111. The molecule has 460 valence electrons. The smallest absolute Gasteiger partial charge is 0.253 e. The Balaban J connectivity index is -0.0000000570. The maximum Gasteiger partial charge on any atom is 0.253 e. The fourth-order valence-corrected chi connectivity index (χ4v) is 4.86. The third kappa shape index (κ3) is 86.5. The number of hydrazine groups is 2. The minimum absolute atomic E-state index is 0. The molecule has 0 bridgehead atoms. The minimum Gasteiger partial charge on any atom is -0.381 e. The van der Waals surface area contributed by atoms with Gasteiger partial charge in [-0.15, -0.1) is 0 Å². The van der Waals surface area contributed by atoms with Crippen molar-refractivity contribution in [2.75, 3.05) is 140 Å². The van der Waals surface area contributed by atoms with Crippen molar-refractivity contribution in [1.82, 2.24) is 31.5 Å². The predicted molar refractivity (Wildman–Crippen MR) is 377 cm³/mol. The van der Waals surface area contributed by atoms with E-state index in [-0.39, 0.29) is 105 Å². The predicted octanol–water partition coefficient (Wildman–Crippen LogP) is 7.70. The van der Waals surface area contributed by atoms with Crippen molar-refractivity contribution in [2.45, 2.75) is 84.3 Å². The van der Waals surface area contributed by atoms with Gasteiger partial charge in [0.1, 0.15) is 11.6 Å². The molecule has 0 spiro atoms. The third-order valence-corrected chi connectivity index (χ3v) is 7.80. The molecule has 0 aliphatic carbocycles. The maximum absolute atomic E-state index is 11.9. The average molecular weight is 1340 g/mol. The first-order valence-electron chi connectivity index (χ1n) is 22.0. The molecule has 4 N–H and O–H groups in total. The largest absolute Gasteiger partial charge is 0.381 e. The van der Waals surface area contributed by atoms with Gasteiger partial charge in [0.15, 0.2) is 0 Å². The van der Waals surface area contributed by atoms with Gasteiger partial charge in [0.2, 0.25) is 23.6 Å². The van der Waals surface area contributed by atoms with Crippen molar-refractivity contribution < 1.29 is 47.8 Å². The summed E-state index contributed by atoms with van der Waals surface area (Å²) in [6, 6.07) is 0. The van der Waals surface area contributed by atoms with Crippen LogP contribution < -0.4 is 21.7 Å². The minimum atomic E-state index is -0.373. The Hall–Kier alpha value is 1.04. The summed E-state index contributed by atoms with van der Waals surface area (Å²) in [5.41, 5.74) is 10.4. The summed E-state index contributed by atoms with van der Waals surface area (Å²) in [5, 5.41) is -0.305. The molecule has 2 heterocycles. The van der Waals surface area contributed by atoms with E-state index in [4.69, 9.17) is 9.47 Å². The van der Waals surface area contributed by atoms with Crippen molar-refractivity contribution in [3.8, 4) is 0 Å². The summed E-state index contributed by atoms with van der Waals surface area (Å²) in [4.78, 5) is 94.6. The molecule has 2 aliphatic rings. The molecule has 1 fully saturated rings. The Morgan fingerprint density at radius 1 is 0.493 bits per heavy atom. The molecule has 0 aromatic carbocycles. The Kier molecular flexibility index (Phi) is 169. The summed E-state index contributed by atoms with van der Waals surface area (Å²) in [6.07, 6.45) is 29.1. The number of imide groups is 2. The van der Waals surface area contributed by atoms with E-state index in [9.17, 15) is 38.4 Å². The first-order valence-corrected chi connectivity index (χ1v) is 34.9. The lowest BCUT2D eigenvalue weighted by Crippen LogP contribution is -2.37. The van der Waals surface area contributed by atoms with Gasteiger partial charge in [0, 0.05) is 83.6 Å². The summed E-state index contributed by atoms with van der Waals surface area (Å²) in [6.45, 7) is 6.74. The van der Waals surface area contributed by atoms with Crippen LogP contribution in [0.4, 0.5) is 0 Å². The van der Waals surface area contributed by atoms with Crippen LogP contribution in [0.5, 0.6) is 0 Å². The molecule has 0 aromatic heterocycles. The van der Waals surface area contributed by atoms with Gasteiger partial charge in [-0.2, -0.15) is 176 Å². The van der Waals surface area contributed by atoms with Crippen molar-refractivity contribution in [3.63, 3.8) is 0 Å². The molecule has 0 saturated carbocycles. The van der Waals surface area contributed by atoms with Crippen molar-refractivity contribution >= 4 is 223 Å². The molecule has 2 rings (SSSR count). The van der Waals surface area contributed by atoms with Gasteiger partial charge >= 0.3 is 0 Å². The maximum atomic E-state index is 11.9. The number of nitrogens with one attached hydrogen (secondary N) is 4. The van der Waals surface area contributed by atoms with E-state index in [2.05, 4.69) is 186 Å². The van der Waals surface area contributed by atoms with Gasteiger partial charge in [-0.3, -0.25) is 59.0 Å². The molecule has 1 atom stereocenters. The molecule has 1 saturated heterocycles. The Morgan fingerprint density at radius 2 is 0.787 bits per heavy atom. The highest BCUT2D eigenvalue weighted by molar-refractivity contribution is 8.00. The highest BCUT2D eigenvalue weighted by Gasteiger charge is 2.37. The van der Waals surface area contributed by atoms with Crippen LogP contribution in [0, 0.1) is 0 Å². The zero-order valence-corrected chi connectivity index (χ0v) is 59.4. The molecule has 6 amide bonds. The number of thiol groups is 13. The van der Waals surface area contributed by atoms with Gasteiger partial charge in [0.05, 0.1) is 31.3 Å². The second-order valence-electron chi connectivity index (χ2n) is 10.6. The first-order chi connectivity index (χ1) is 36.0. The molecule has 0 aromatic rings. The number of hydrogen-bond donors (Lipinski definition) is 17. The fourth-order valence-electron chi connectivity index (χ4n) is 4.22. The number of thioether (sulfide) groups is 1. The van der Waals surface area contributed by atoms with Crippen LogP contribution in [-0.2, 0) is 47.8 Å². The SMILES string of the molecule is C.CCNNC(=O)CCOCCCC(=O)CCN1C(=O)C=CC1=O.CCNNC(=O)CCOCCCC(=O)CCN1C(=O)CC(SC)C1=O.CS.CS.CS.CS.CS.CS.CS.CS.CS.CS.CS.CS.CS. The van der Waals surface area contributed by atoms with E-state index >= 15 is 0 Å². The van der Waals surface area contributed by atoms with Crippen LogP contribution >= 0.6 is 176 Å². The standard InChI is InChI=1S/C16H27N3O5S.C15H23N3O5.13CH4S.CH4/c1-3-17-18-14(21)7-10-24-9-4-5-12(20)6-8-19-15(22)11-13(25-2)16(19)23;1-2-16-17-13(20)8-11-23-10-3-4-12(19)7-9-18-14(21)5-6-15(18)22;13*1-2;/h13,17H,3-11H2,1-2H3,(H,18,21);5-6,16H,2-4,7-11H2,1H3,(H,17,20);13*2H,1H3;1H4. The van der Waals surface area contributed by atoms with E-state index in [0.29, 0.717) is 65.2 Å². The monoisotopic (exact) mass is 1340 g/mol. The number of ketones is 2. The summed E-state index contributed by atoms with van der Waals surface area (Å²) in [7, 11) is 0. The van der Waals surface area contributed by atoms with E-state index < -0.39 is 0 Å². The zero-order chi connectivity index (χ0) is 61.7. The molecule has 30 heteroatoms. The third-order valence-electron chi connectivity index (χ3n) is 6.86. The van der Waals surface area contributed by atoms with Gasteiger partial charge < -0.3 is 9.47 Å². The lowest BCUT2D eigenvalue weighted by Gasteiger charge is -2.13. The van der Waals surface area contributed by atoms with E-state index in [1.165, 1.54) is 28.8 Å². The van der Waals surface area contributed by atoms with Crippen LogP contribution in [0.2, 0.25) is 0 Å². The highest BCUT2D eigenvalue weighted by atomic mass is 32.2. The molecular weight excluding hydrogens is 1230 g/mol. The Bertz CT molecular complexity index is 1170. The van der Waals surface area contributed by atoms with Gasteiger partial charge in [-0.05, 0) is 100 Å². The molecule has 2 aliphatic heterocycles. The number of amides is 6. The normalized spacial score (nSPS) is 11.0. The number of rotatable bonds is 25. The second-order valence-corrected chi connectivity index (χ2v) is 11.7. The molecule has 1 unspecified atom stereocenters. The number of carbonyl (C=O) groups is 8. The van der Waals surface area contributed by atoms with Crippen molar-refractivity contribution in [1.29, 1.82) is 0 Å². The van der Waals surface area contributed by atoms with Crippen LogP contribution in [0.25, 0.3) is 0 Å². The summed E-state index contributed by atoms with van der Waals surface area (Å²) < 4.78 is 10.6. The van der Waals surface area contributed by atoms with E-state index in [1.807, 2.05) is 13.8 Å². The lowest BCUT2D eigenvalue weighted by molar-refractivity contribution is -0.139. The topological polar surface area (TPSA) is 210 Å². The van der Waals surface area contributed by atoms with Gasteiger partial charge in [-0.1, -0.05) is 21.3 Å². The van der Waals surface area contributed by atoms with Gasteiger partial charge in [-0.25, -0.2) is 10.9 Å². The molecule has 16 nitrogen and oxygen atoms in total.